The first kappa shape index (κ1) is 14.0. The molecule has 1 unspecified atom stereocenters. The van der Waals surface area contributed by atoms with E-state index in [1.165, 1.54) is 18.2 Å². The molecule has 0 saturated heterocycles. The van der Waals surface area contributed by atoms with Gasteiger partial charge < -0.3 is 9.47 Å². The van der Waals surface area contributed by atoms with E-state index in [2.05, 4.69) is 18.4 Å². The van der Waals surface area contributed by atoms with Crippen LogP contribution in [0.25, 0.3) is 0 Å². The van der Waals surface area contributed by atoms with Crippen LogP contribution in [0.15, 0.2) is 42.5 Å². The van der Waals surface area contributed by atoms with Crippen LogP contribution < -0.4 is 4.74 Å². The lowest BCUT2D eigenvalue weighted by molar-refractivity contribution is 0.0600. The molecule has 21 heavy (non-hydrogen) atoms. The first-order chi connectivity index (χ1) is 10.2. The van der Waals surface area contributed by atoms with Gasteiger partial charge in [-0.2, -0.15) is 11.8 Å². The number of rotatable bonds is 2. The molecule has 1 atom stereocenters. The molecular weight excluding hydrogens is 284 g/mol. The van der Waals surface area contributed by atoms with Gasteiger partial charge in [0.2, 0.25) is 0 Å². The Bertz CT molecular complexity index is 681. The van der Waals surface area contributed by atoms with Crippen LogP contribution in [0.5, 0.6) is 5.75 Å². The van der Waals surface area contributed by atoms with E-state index < -0.39 is 0 Å². The Labute approximate surface area is 128 Å². The van der Waals surface area contributed by atoms with Crippen molar-refractivity contribution in [2.45, 2.75) is 11.9 Å². The van der Waals surface area contributed by atoms with Crippen molar-refractivity contribution >= 4 is 17.7 Å². The van der Waals surface area contributed by atoms with Crippen molar-refractivity contribution < 1.29 is 14.3 Å². The van der Waals surface area contributed by atoms with Crippen molar-refractivity contribution in [2.75, 3.05) is 13.4 Å². The fourth-order valence-corrected chi connectivity index (χ4v) is 3.55. The number of thioether (sulfide) groups is 1. The summed E-state index contributed by atoms with van der Waals surface area (Å²) in [6, 6.07) is 13.8. The maximum Gasteiger partial charge on any atom is 0.337 e. The van der Waals surface area contributed by atoms with Crippen molar-refractivity contribution in [1.82, 2.24) is 0 Å². The number of carbonyl (C=O) groups is 1. The Morgan fingerprint density at radius 3 is 2.81 bits per heavy atom. The number of fused-ring (bicyclic) bond motifs is 2. The number of methoxy groups -OCH3 is 1. The standard InChI is InChI=1S/C17H16O3S/c1-19-17(18)11-7-8-15-14(9-11)16(21-2)13-6-4-3-5-12(13)10-20-15/h3-9,16H,10H2,1-2H3. The lowest BCUT2D eigenvalue weighted by Gasteiger charge is -2.17. The van der Waals surface area contributed by atoms with Gasteiger partial charge in [-0.3, -0.25) is 0 Å². The minimum absolute atomic E-state index is 0.156. The van der Waals surface area contributed by atoms with E-state index >= 15 is 0 Å². The molecule has 108 valence electrons. The summed E-state index contributed by atoms with van der Waals surface area (Å²) in [5, 5.41) is 0.156. The van der Waals surface area contributed by atoms with Crippen molar-refractivity contribution in [1.29, 1.82) is 0 Å². The zero-order valence-electron chi connectivity index (χ0n) is 12.0. The average Bonchev–Trinajstić information content (AvgIpc) is 2.69. The molecule has 1 aliphatic heterocycles. The Morgan fingerprint density at radius 2 is 2.05 bits per heavy atom. The van der Waals surface area contributed by atoms with Crippen LogP contribution in [0.2, 0.25) is 0 Å². The highest BCUT2D eigenvalue weighted by Gasteiger charge is 2.25. The summed E-state index contributed by atoms with van der Waals surface area (Å²) in [5.41, 5.74) is 4.01. The first-order valence-electron chi connectivity index (χ1n) is 6.70. The van der Waals surface area contributed by atoms with E-state index in [-0.39, 0.29) is 11.2 Å². The van der Waals surface area contributed by atoms with E-state index in [9.17, 15) is 4.79 Å². The first-order valence-corrected chi connectivity index (χ1v) is 7.99. The van der Waals surface area contributed by atoms with Gasteiger partial charge in [-0.25, -0.2) is 4.79 Å². The second-order valence-electron chi connectivity index (χ2n) is 4.85. The summed E-state index contributed by atoms with van der Waals surface area (Å²) >= 11 is 1.74. The second-order valence-corrected chi connectivity index (χ2v) is 5.79. The molecule has 1 heterocycles. The topological polar surface area (TPSA) is 35.5 Å². The van der Waals surface area contributed by atoms with Gasteiger partial charge in [0.25, 0.3) is 0 Å². The SMILES string of the molecule is COC(=O)c1ccc2c(c1)C(SC)c1ccccc1CO2. The molecule has 0 aromatic heterocycles. The Morgan fingerprint density at radius 1 is 1.24 bits per heavy atom. The van der Waals surface area contributed by atoms with Crippen LogP contribution in [0.3, 0.4) is 0 Å². The summed E-state index contributed by atoms with van der Waals surface area (Å²) in [4.78, 5) is 11.8. The van der Waals surface area contributed by atoms with E-state index in [0.29, 0.717) is 12.2 Å². The quantitative estimate of drug-likeness (QED) is 0.790. The summed E-state index contributed by atoms with van der Waals surface area (Å²) in [5.74, 6) is 0.508. The largest absolute Gasteiger partial charge is 0.489 e. The van der Waals surface area contributed by atoms with Crippen LogP contribution in [0, 0.1) is 0 Å². The Balaban J connectivity index is 2.14. The van der Waals surface area contributed by atoms with Gasteiger partial charge in [0.15, 0.2) is 0 Å². The molecule has 4 heteroatoms. The molecule has 0 amide bonds. The van der Waals surface area contributed by atoms with Crippen molar-refractivity contribution in [2.24, 2.45) is 0 Å². The monoisotopic (exact) mass is 300 g/mol. The lowest BCUT2D eigenvalue weighted by atomic mass is 9.98. The molecule has 1 aliphatic rings. The van der Waals surface area contributed by atoms with Crippen molar-refractivity contribution in [3.63, 3.8) is 0 Å². The molecule has 3 nitrogen and oxygen atoms in total. The molecule has 0 spiro atoms. The second kappa shape index (κ2) is 5.82. The number of benzene rings is 2. The van der Waals surface area contributed by atoms with Gasteiger partial charge >= 0.3 is 5.97 Å². The number of esters is 1. The minimum atomic E-state index is -0.324. The fourth-order valence-electron chi connectivity index (χ4n) is 2.63. The summed E-state index contributed by atoms with van der Waals surface area (Å²) in [6.45, 7) is 0.553. The predicted octanol–water partition coefficient (Wildman–Crippen LogP) is 3.82. The highest BCUT2D eigenvalue weighted by molar-refractivity contribution is 7.99. The summed E-state index contributed by atoms with van der Waals surface area (Å²) in [7, 11) is 1.39. The Kier molecular flexibility index (Phi) is 3.88. The third kappa shape index (κ3) is 2.51. The van der Waals surface area contributed by atoms with Crippen LogP contribution in [0.1, 0.15) is 32.3 Å². The number of hydrogen-bond donors (Lipinski definition) is 0. The molecule has 0 bridgehead atoms. The van der Waals surface area contributed by atoms with Crippen LogP contribution in [0.4, 0.5) is 0 Å². The molecule has 0 fully saturated rings. The molecule has 0 N–H and O–H groups in total. The zero-order valence-corrected chi connectivity index (χ0v) is 12.8. The Hall–Kier alpha value is -1.94. The molecule has 2 aromatic rings. The predicted molar refractivity (Wildman–Crippen MR) is 83.9 cm³/mol. The van der Waals surface area contributed by atoms with Gasteiger partial charge in [-0.15, -0.1) is 0 Å². The summed E-state index contributed by atoms with van der Waals surface area (Å²) < 4.78 is 10.7. The van der Waals surface area contributed by atoms with E-state index in [4.69, 9.17) is 9.47 Å². The van der Waals surface area contributed by atoms with Crippen LogP contribution in [-0.2, 0) is 11.3 Å². The van der Waals surface area contributed by atoms with Crippen LogP contribution in [-0.4, -0.2) is 19.3 Å². The van der Waals surface area contributed by atoms with Gasteiger partial charge in [0.05, 0.1) is 17.9 Å². The summed E-state index contributed by atoms with van der Waals surface area (Å²) in [6.07, 6.45) is 2.07. The van der Waals surface area contributed by atoms with Gasteiger partial charge in [0, 0.05) is 5.56 Å². The van der Waals surface area contributed by atoms with E-state index in [0.717, 1.165) is 11.3 Å². The van der Waals surface area contributed by atoms with Gasteiger partial charge in [-0.05, 0) is 35.6 Å². The van der Waals surface area contributed by atoms with Gasteiger partial charge in [0.1, 0.15) is 12.4 Å². The number of carbonyl (C=O) groups excluding carboxylic acids is 1. The highest BCUT2D eigenvalue weighted by Crippen LogP contribution is 2.43. The molecular formula is C17H16O3S. The minimum Gasteiger partial charge on any atom is -0.489 e. The molecule has 0 aliphatic carbocycles. The lowest BCUT2D eigenvalue weighted by Crippen LogP contribution is -2.04. The maximum absolute atomic E-state index is 11.8. The average molecular weight is 300 g/mol. The molecule has 3 rings (SSSR count). The van der Waals surface area contributed by atoms with Crippen LogP contribution >= 0.6 is 11.8 Å². The zero-order chi connectivity index (χ0) is 14.8. The van der Waals surface area contributed by atoms with E-state index in [1.807, 2.05) is 24.3 Å². The smallest absolute Gasteiger partial charge is 0.337 e. The van der Waals surface area contributed by atoms with Gasteiger partial charge in [-0.1, -0.05) is 24.3 Å². The van der Waals surface area contributed by atoms with Crippen molar-refractivity contribution in [3.05, 3.63) is 64.7 Å². The molecule has 0 saturated carbocycles. The fraction of sp³-hybridized carbons (Fsp3) is 0.235. The number of hydrogen-bond acceptors (Lipinski definition) is 4. The highest BCUT2D eigenvalue weighted by atomic mass is 32.2. The number of ether oxygens (including phenoxy) is 2. The maximum atomic E-state index is 11.8. The van der Waals surface area contributed by atoms with E-state index in [1.54, 1.807) is 17.8 Å². The molecule has 0 radical (unpaired) electrons. The third-order valence-corrected chi connectivity index (χ3v) is 4.65. The molecule has 2 aromatic carbocycles. The van der Waals surface area contributed by atoms with Crippen molar-refractivity contribution in [3.8, 4) is 5.75 Å². The third-order valence-electron chi connectivity index (χ3n) is 3.67. The normalized spacial score (nSPS) is 16.2.